The van der Waals surface area contributed by atoms with Gasteiger partial charge in [-0.2, -0.15) is 0 Å². The highest BCUT2D eigenvalue weighted by Crippen LogP contribution is 2.31. The van der Waals surface area contributed by atoms with Crippen LogP contribution >= 0.6 is 23.1 Å². The Morgan fingerprint density at radius 1 is 1.07 bits per heavy atom. The third-order valence-electron chi connectivity index (χ3n) is 3.38. The molecule has 8 nitrogen and oxygen atoms in total. The molecule has 28 heavy (non-hydrogen) atoms. The summed E-state index contributed by atoms with van der Waals surface area (Å²) in [6, 6.07) is 16.1. The van der Waals surface area contributed by atoms with E-state index in [-0.39, 0.29) is 0 Å². The number of amides is 3. The van der Waals surface area contributed by atoms with Gasteiger partial charge in [0.25, 0.3) is 0 Å². The highest BCUT2D eigenvalue weighted by molar-refractivity contribution is 8.02. The molecule has 3 amide bonds. The van der Waals surface area contributed by atoms with Gasteiger partial charge in [-0.3, -0.25) is 10.1 Å². The van der Waals surface area contributed by atoms with Crippen LogP contribution in [-0.2, 0) is 4.79 Å². The smallest absolute Gasteiger partial charge is 0.318 e. The third kappa shape index (κ3) is 5.69. The summed E-state index contributed by atoms with van der Waals surface area (Å²) in [4.78, 5) is 22.5. The maximum absolute atomic E-state index is 11.7. The van der Waals surface area contributed by atoms with Crippen LogP contribution < -0.4 is 21.1 Å². The zero-order valence-electron chi connectivity index (χ0n) is 14.8. The van der Waals surface area contributed by atoms with Crippen LogP contribution in [-0.4, -0.2) is 27.4 Å². The van der Waals surface area contributed by atoms with Gasteiger partial charge in [0, 0.05) is 5.69 Å². The average molecular weight is 416 g/mol. The lowest BCUT2D eigenvalue weighted by molar-refractivity contribution is -0.119. The average Bonchev–Trinajstić information content (AvgIpc) is 3.10. The standard InChI is InChI=1S/C18H17N5O3S2/c1-11(15(24)21-16(19)25)27-18-23-22-17(28-18)20-12-7-9-14(10-8-12)26-13-5-3-2-4-6-13/h2-11H,1H3,(H,20,22)(H3,19,21,24,25)/t11-/m0/s1. The molecule has 0 radical (unpaired) electrons. The van der Waals surface area contributed by atoms with Crippen molar-refractivity contribution in [2.75, 3.05) is 5.32 Å². The van der Waals surface area contributed by atoms with Crippen LogP contribution in [0, 0.1) is 0 Å². The number of aromatic nitrogens is 2. The fraction of sp³-hybridized carbons (Fsp3) is 0.111. The van der Waals surface area contributed by atoms with E-state index in [2.05, 4.69) is 15.5 Å². The predicted molar refractivity (Wildman–Crippen MR) is 109 cm³/mol. The second-order valence-electron chi connectivity index (χ2n) is 5.55. The minimum absolute atomic E-state index is 0.476. The predicted octanol–water partition coefficient (Wildman–Crippen LogP) is 3.75. The number of nitrogens with zero attached hydrogens (tertiary/aromatic N) is 2. The Labute approximate surface area is 169 Å². The number of nitrogens with one attached hydrogen (secondary N) is 2. The van der Waals surface area contributed by atoms with Gasteiger partial charge in [-0.05, 0) is 43.3 Å². The zero-order chi connectivity index (χ0) is 19.9. The highest BCUT2D eigenvalue weighted by atomic mass is 32.2. The number of ether oxygens (including phenoxy) is 1. The quantitative estimate of drug-likeness (QED) is 0.503. The maximum Gasteiger partial charge on any atom is 0.318 e. The molecule has 2 aromatic carbocycles. The molecule has 1 heterocycles. The zero-order valence-corrected chi connectivity index (χ0v) is 16.4. The molecule has 3 rings (SSSR count). The Balaban J connectivity index is 1.56. The lowest BCUT2D eigenvalue weighted by atomic mass is 10.3. The van der Waals surface area contributed by atoms with Crippen molar-refractivity contribution in [3.05, 3.63) is 54.6 Å². The number of anilines is 2. The summed E-state index contributed by atoms with van der Waals surface area (Å²) in [5.41, 5.74) is 5.77. The van der Waals surface area contributed by atoms with Crippen LogP contribution in [0.15, 0.2) is 58.9 Å². The largest absolute Gasteiger partial charge is 0.457 e. The topological polar surface area (TPSA) is 119 Å². The summed E-state index contributed by atoms with van der Waals surface area (Å²) in [5, 5.41) is 13.3. The van der Waals surface area contributed by atoms with Crippen LogP contribution in [0.25, 0.3) is 0 Å². The van der Waals surface area contributed by atoms with E-state index >= 15 is 0 Å². The number of carbonyl (C=O) groups is 2. The highest BCUT2D eigenvalue weighted by Gasteiger charge is 2.18. The Bertz CT molecular complexity index is 947. The van der Waals surface area contributed by atoms with Gasteiger partial charge in [-0.25, -0.2) is 4.79 Å². The second-order valence-corrected chi connectivity index (χ2v) is 8.12. The van der Waals surface area contributed by atoms with Gasteiger partial charge < -0.3 is 15.8 Å². The summed E-state index contributed by atoms with van der Waals surface area (Å²) in [7, 11) is 0. The molecule has 1 atom stereocenters. The van der Waals surface area contributed by atoms with Crippen molar-refractivity contribution in [1.82, 2.24) is 15.5 Å². The van der Waals surface area contributed by atoms with Gasteiger partial charge in [0.15, 0.2) is 4.34 Å². The van der Waals surface area contributed by atoms with Crippen molar-refractivity contribution in [1.29, 1.82) is 0 Å². The Morgan fingerprint density at radius 3 is 2.43 bits per heavy atom. The van der Waals surface area contributed by atoms with Crippen LogP contribution in [0.1, 0.15) is 6.92 Å². The van der Waals surface area contributed by atoms with Crippen molar-refractivity contribution in [3.8, 4) is 11.5 Å². The fourth-order valence-corrected chi connectivity index (χ4v) is 4.01. The van der Waals surface area contributed by atoms with E-state index in [9.17, 15) is 9.59 Å². The fourth-order valence-electron chi connectivity index (χ4n) is 2.09. The van der Waals surface area contributed by atoms with Crippen LogP contribution in [0.4, 0.5) is 15.6 Å². The molecule has 0 saturated heterocycles. The summed E-state index contributed by atoms with van der Waals surface area (Å²) in [6.07, 6.45) is 0. The van der Waals surface area contributed by atoms with E-state index < -0.39 is 17.2 Å². The molecule has 1 aromatic heterocycles. The van der Waals surface area contributed by atoms with E-state index in [1.807, 2.05) is 59.9 Å². The molecule has 0 unspecified atom stereocenters. The number of imide groups is 1. The van der Waals surface area contributed by atoms with Crippen LogP contribution in [0.5, 0.6) is 11.5 Å². The number of carbonyl (C=O) groups excluding carboxylic acids is 2. The molecule has 144 valence electrons. The first-order chi connectivity index (χ1) is 13.5. The lowest BCUT2D eigenvalue weighted by Gasteiger charge is -2.07. The number of nitrogens with two attached hydrogens (primary N) is 1. The molecule has 0 bridgehead atoms. The minimum atomic E-state index is -0.878. The molecule has 3 aromatic rings. The summed E-state index contributed by atoms with van der Waals surface area (Å²) < 4.78 is 6.35. The van der Waals surface area contributed by atoms with Gasteiger partial charge >= 0.3 is 6.03 Å². The number of primary amides is 1. The van der Waals surface area contributed by atoms with Gasteiger partial charge in [-0.1, -0.05) is 41.3 Å². The van der Waals surface area contributed by atoms with E-state index in [1.165, 1.54) is 23.1 Å². The van der Waals surface area contributed by atoms with Gasteiger partial charge in [0.05, 0.1) is 5.25 Å². The number of thioether (sulfide) groups is 1. The normalized spacial score (nSPS) is 11.5. The van der Waals surface area contributed by atoms with E-state index in [0.29, 0.717) is 9.47 Å². The van der Waals surface area contributed by atoms with E-state index in [0.717, 1.165) is 17.2 Å². The molecular formula is C18H17N5O3S2. The first-order valence-corrected chi connectivity index (χ1v) is 9.89. The number of hydrogen-bond donors (Lipinski definition) is 3. The lowest BCUT2D eigenvalue weighted by Crippen LogP contribution is -2.39. The maximum atomic E-state index is 11.7. The number of urea groups is 1. The van der Waals surface area contributed by atoms with Gasteiger partial charge in [0.1, 0.15) is 11.5 Å². The van der Waals surface area contributed by atoms with Crippen molar-refractivity contribution < 1.29 is 14.3 Å². The Morgan fingerprint density at radius 2 is 1.75 bits per heavy atom. The number of hydrogen-bond acceptors (Lipinski definition) is 8. The molecule has 0 saturated carbocycles. The first-order valence-electron chi connectivity index (χ1n) is 8.20. The van der Waals surface area contributed by atoms with Gasteiger partial charge in [-0.15, -0.1) is 10.2 Å². The van der Waals surface area contributed by atoms with Gasteiger partial charge in [0.2, 0.25) is 11.0 Å². The summed E-state index contributed by atoms with van der Waals surface area (Å²) in [6.45, 7) is 1.66. The molecule has 0 spiro atoms. The molecule has 0 aliphatic heterocycles. The molecule has 0 aliphatic rings. The minimum Gasteiger partial charge on any atom is -0.457 e. The Kier molecular flexibility index (Phi) is 6.45. The molecule has 0 fully saturated rings. The molecule has 0 aliphatic carbocycles. The monoisotopic (exact) mass is 415 g/mol. The molecule has 4 N–H and O–H groups in total. The van der Waals surface area contributed by atoms with Crippen LogP contribution in [0.3, 0.4) is 0 Å². The molecule has 10 heteroatoms. The summed E-state index contributed by atoms with van der Waals surface area (Å²) in [5.74, 6) is 1.01. The number of rotatable bonds is 7. The van der Waals surface area contributed by atoms with Crippen molar-refractivity contribution in [2.45, 2.75) is 16.5 Å². The van der Waals surface area contributed by atoms with Crippen molar-refractivity contribution in [2.24, 2.45) is 5.73 Å². The third-order valence-corrected chi connectivity index (χ3v) is 5.41. The van der Waals surface area contributed by atoms with E-state index in [1.54, 1.807) is 6.92 Å². The summed E-state index contributed by atoms with van der Waals surface area (Å²) >= 11 is 2.50. The number of benzene rings is 2. The Hall–Kier alpha value is -3.11. The first kappa shape index (κ1) is 19.6. The number of para-hydroxylation sites is 1. The van der Waals surface area contributed by atoms with Crippen LogP contribution in [0.2, 0.25) is 0 Å². The van der Waals surface area contributed by atoms with Crippen molar-refractivity contribution in [3.63, 3.8) is 0 Å². The second kappa shape index (κ2) is 9.20. The van der Waals surface area contributed by atoms with Crippen molar-refractivity contribution >= 4 is 45.9 Å². The SMILES string of the molecule is C[C@H](Sc1nnc(Nc2ccc(Oc3ccccc3)cc2)s1)C(=O)NC(N)=O. The molecular weight excluding hydrogens is 398 g/mol. The van der Waals surface area contributed by atoms with E-state index in [4.69, 9.17) is 10.5 Å².